The number of rotatable bonds is 10. The molecule has 0 amide bonds. The molecule has 0 radical (unpaired) electrons. The molecule has 0 spiro atoms. The van der Waals surface area contributed by atoms with Gasteiger partial charge in [-0.05, 0) is 0 Å². The fraction of sp³-hybridized carbons (Fsp3) is 0.542. The smallest absolute Gasteiger partial charge is 0.303 e. The van der Waals surface area contributed by atoms with E-state index in [1.54, 1.807) is 30.3 Å². The largest absolute Gasteiger partial charge is 0.462 e. The number of ether oxygens (including phenoxy) is 7. The Hall–Kier alpha value is -3.51. The van der Waals surface area contributed by atoms with E-state index in [1.807, 2.05) is 0 Å². The molecule has 0 unspecified atom stereocenters. The zero-order valence-electron chi connectivity index (χ0n) is 20.7. The molecule has 12 heteroatoms. The minimum absolute atomic E-state index is 0.423. The van der Waals surface area contributed by atoms with Crippen molar-refractivity contribution in [1.82, 2.24) is 0 Å². The molecular formula is C24H30O12. The first-order valence-corrected chi connectivity index (χ1v) is 11.1. The van der Waals surface area contributed by atoms with Gasteiger partial charge in [-0.2, -0.15) is 0 Å². The van der Waals surface area contributed by atoms with Crippen molar-refractivity contribution in [2.75, 3.05) is 13.2 Å². The molecule has 4 atom stereocenters. The number of carbonyl (C=O) groups excluding carboxylic acids is 5. The minimum atomic E-state index is -1.33. The van der Waals surface area contributed by atoms with Crippen LogP contribution in [0.3, 0.4) is 0 Å². The molecule has 1 heterocycles. The van der Waals surface area contributed by atoms with Crippen molar-refractivity contribution >= 4 is 29.8 Å². The molecule has 1 saturated heterocycles. The Balaban J connectivity index is 2.57. The minimum Gasteiger partial charge on any atom is -0.462 e. The second-order valence-corrected chi connectivity index (χ2v) is 7.92. The van der Waals surface area contributed by atoms with E-state index < -0.39 is 79.9 Å². The lowest BCUT2D eigenvalue weighted by molar-refractivity contribution is -0.325. The van der Waals surface area contributed by atoms with Crippen LogP contribution in [0.1, 0.15) is 46.5 Å². The zero-order valence-corrected chi connectivity index (χ0v) is 20.7. The summed E-state index contributed by atoms with van der Waals surface area (Å²) in [5, 5.41) is 0. The van der Waals surface area contributed by atoms with Crippen LogP contribution in [0.2, 0.25) is 0 Å². The lowest BCUT2D eigenvalue weighted by Crippen LogP contribution is -2.60. The van der Waals surface area contributed by atoms with E-state index in [4.69, 9.17) is 33.2 Å². The number of hydrogen-bond donors (Lipinski definition) is 0. The van der Waals surface area contributed by atoms with Gasteiger partial charge in [-0.1, -0.05) is 30.3 Å². The fourth-order valence-electron chi connectivity index (χ4n) is 3.57. The summed E-state index contributed by atoms with van der Waals surface area (Å²) in [7, 11) is 0. The maximum atomic E-state index is 12.1. The second-order valence-electron chi connectivity index (χ2n) is 7.92. The predicted octanol–water partition coefficient (Wildman–Crippen LogP) is 1.39. The van der Waals surface area contributed by atoms with Crippen molar-refractivity contribution in [2.45, 2.75) is 71.4 Å². The topological polar surface area (TPSA) is 150 Å². The molecule has 0 aromatic heterocycles. The van der Waals surface area contributed by atoms with Gasteiger partial charge in [-0.15, -0.1) is 0 Å². The molecule has 0 saturated carbocycles. The molecule has 36 heavy (non-hydrogen) atoms. The van der Waals surface area contributed by atoms with Crippen molar-refractivity contribution < 1.29 is 57.1 Å². The summed E-state index contributed by atoms with van der Waals surface area (Å²) in [5.74, 6) is -3.47. The van der Waals surface area contributed by atoms with Crippen molar-refractivity contribution in [3.8, 4) is 0 Å². The zero-order chi connectivity index (χ0) is 26.8. The van der Waals surface area contributed by atoms with E-state index in [1.165, 1.54) is 13.8 Å². The van der Waals surface area contributed by atoms with E-state index >= 15 is 0 Å². The Morgan fingerprint density at radius 3 is 1.50 bits per heavy atom. The summed E-state index contributed by atoms with van der Waals surface area (Å²) in [6, 6.07) is 8.63. The van der Waals surface area contributed by atoms with E-state index in [-0.39, 0.29) is 0 Å². The first-order chi connectivity index (χ1) is 17.0. The van der Waals surface area contributed by atoms with Crippen LogP contribution in [0.4, 0.5) is 0 Å². The average Bonchev–Trinajstić information content (AvgIpc) is 2.79. The molecule has 198 valence electrons. The summed E-state index contributed by atoms with van der Waals surface area (Å²) < 4.78 is 38.5. The van der Waals surface area contributed by atoms with Gasteiger partial charge in [0.15, 0.2) is 24.6 Å². The van der Waals surface area contributed by atoms with Gasteiger partial charge in [-0.25, -0.2) is 0 Å². The van der Waals surface area contributed by atoms with Crippen LogP contribution in [-0.2, 0) is 57.1 Å². The summed E-state index contributed by atoms with van der Waals surface area (Å²) in [6.45, 7) is 4.93. The van der Waals surface area contributed by atoms with Crippen LogP contribution in [0.15, 0.2) is 30.3 Å². The molecule has 2 rings (SSSR count). The first-order valence-electron chi connectivity index (χ1n) is 11.1. The van der Waals surface area contributed by atoms with Crippen LogP contribution in [0, 0.1) is 0 Å². The van der Waals surface area contributed by atoms with Gasteiger partial charge in [0.2, 0.25) is 0 Å². The van der Waals surface area contributed by atoms with Gasteiger partial charge in [0, 0.05) is 40.2 Å². The number of benzene rings is 1. The van der Waals surface area contributed by atoms with Gasteiger partial charge in [0.05, 0.1) is 0 Å². The highest BCUT2D eigenvalue weighted by molar-refractivity contribution is 5.68. The van der Waals surface area contributed by atoms with Crippen molar-refractivity contribution in [1.29, 1.82) is 0 Å². The first kappa shape index (κ1) is 28.7. The van der Waals surface area contributed by atoms with E-state index in [2.05, 4.69) is 0 Å². The normalized spacial score (nSPS) is 22.9. The SMILES string of the molecule is CC(=O)OC[C@@H](OC(C)=O)[C@@H]1OC(c2ccccc2)O[C@@H]([C@@H](COC(C)=O)OC(C)=O)C1OC(C)=O. The van der Waals surface area contributed by atoms with Gasteiger partial charge < -0.3 is 33.2 Å². The summed E-state index contributed by atoms with van der Waals surface area (Å²) in [5.41, 5.74) is 0.539. The molecule has 0 N–H and O–H groups in total. The summed E-state index contributed by atoms with van der Waals surface area (Å²) in [4.78, 5) is 58.8. The maximum Gasteiger partial charge on any atom is 0.303 e. The Kier molecular flexibility index (Phi) is 10.8. The predicted molar refractivity (Wildman–Crippen MR) is 119 cm³/mol. The van der Waals surface area contributed by atoms with Gasteiger partial charge in [0.25, 0.3) is 0 Å². The lowest BCUT2D eigenvalue weighted by atomic mass is 9.96. The molecular weight excluding hydrogens is 480 g/mol. The molecule has 12 nitrogen and oxygen atoms in total. The molecule has 1 aromatic carbocycles. The van der Waals surface area contributed by atoms with Crippen molar-refractivity contribution in [3.63, 3.8) is 0 Å². The monoisotopic (exact) mass is 510 g/mol. The molecule has 1 fully saturated rings. The second kappa shape index (κ2) is 13.5. The number of esters is 5. The highest BCUT2D eigenvalue weighted by atomic mass is 16.7. The molecule has 1 aliphatic heterocycles. The third-order valence-corrected chi connectivity index (χ3v) is 4.85. The van der Waals surface area contributed by atoms with Crippen molar-refractivity contribution in [3.05, 3.63) is 35.9 Å². The molecule has 1 aliphatic rings. The van der Waals surface area contributed by atoms with Crippen LogP contribution in [0.5, 0.6) is 0 Å². The number of hydrogen-bond acceptors (Lipinski definition) is 12. The Labute approximate surface area is 208 Å². The summed E-state index contributed by atoms with van der Waals surface area (Å²) >= 11 is 0. The lowest BCUT2D eigenvalue weighted by Gasteiger charge is -2.45. The van der Waals surface area contributed by atoms with Crippen LogP contribution < -0.4 is 0 Å². The highest BCUT2D eigenvalue weighted by Crippen LogP contribution is 2.36. The third-order valence-electron chi connectivity index (χ3n) is 4.85. The third kappa shape index (κ3) is 8.93. The van der Waals surface area contributed by atoms with Gasteiger partial charge >= 0.3 is 29.8 Å². The van der Waals surface area contributed by atoms with E-state index in [0.717, 1.165) is 20.8 Å². The van der Waals surface area contributed by atoms with E-state index in [9.17, 15) is 24.0 Å². The van der Waals surface area contributed by atoms with Gasteiger partial charge in [-0.3, -0.25) is 24.0 Å². The van der Waals surface area contributed by atoms with E-state index in [0.29, 0.717) is 5.56 Å². The van der Waals surface area contributed by atoms with Crippen LogP contribution in [-0.4, -0.2) is 73.6 Å². The maximum absolute atomic E-state index is 12.1. The standard InChI is InChI=1S/C24H30O12/c1-13(25)30-11-19(32-15(3)27)21-23(34-17(5)29)22(20(33-16(4)28)12-31-14(2)26)36-24(35-21)18-9-7-6-8-10-18/h6-10,19-24H,11-12H2,1-5H3/t19-,20-,21+,22+,23?,24?/m1/s1. The average molecular weight is 510 g/mol. The molecule has 0 bridgehead atoms. The Bertz CT molecular complexity index is 882. The fourth-order valence-corrected chi connectivity index (χ4v) is 3.57. The summed E-state index contributed by atoms with van der Waals surface area (Å²) in [6.07, 6.45) is -7.39. The van der Waals surface area contributed by atoms with Crippen LogP contribution >= 0.6 is 0 Å². The van der Waals surface area contributed by atoms with Crippen LogP contribution in [0.25, 0.3) is 0 Å². The highest BCUT2D eigenvalue weighted by Gasteiger charge is 2.51. The Morgan fingerprint density at radius 1 is 0.694 bits per heavy atom. The Morgan fingerprint density at radius 2 is 1.14 bits per heavy atom. The van der Waals surface area contributed by atoms with Crippen molar-refractivity contribution in [2.24, 2.45) is 0 Å². The molecule has 1 aromatic rings. The number of carbonyl (C=O) groups is 5. The van der Waals surface area contributed by atoms with Gasteiger partial charge in [0.1, 0.15) is 25.4 Å². The molecule has 0 aliphatic carbocycles. The quantitative estimate of drug-likeness (QED) is 0.330.